The molecule has 0 spiro atoms. The Bertz CT molecular complexity index is 413. The van der Waals surface area contributed by atoms with Crippen LogP contribution in [0, 0.1) is 0 Å². The SMILES string of the molecule is CC(C)(CN1CCC(=O)NC1=O)S(C)(=O)=O. The van der Waals surface area contributed by atoms with Gasteiger partial charge in [-0.25, -0.2) is 13.2 Å². The molecule has 1 rings (SSSR count). The first-order chi connectivity index (χ1) is 7.13. The fourth-order valence-corrected chi connectivity index (χ4v) is 1.72. The fourth-order valence-electron chi connectivity index (χ4n) is 1.33. The van der Waals surface area contributed by atoms with Crippen LogP contribution in [0.2, 0.25) is 0 Å². The maximum absolute atomic E-state index is 11.5. The van der Waals surface area contributed by atoms with Gasteiger partial charge in [0.05, 0.1) is 4.75 Å². The van der Waals surface area contributed by atoms with E-state index >= 15 is 0 Å². The summed E-state index contributed by atoms with van der Waals surface area (Å²) in [4.78, 5) is 23.7. The standard InChI is InChI=1S/C9H16N2O4S/c1-9(2,16(3,14)15)6-11-5-4-7(12)10-8(11)13/h4-6H2,1-3H3,(H,10,12,13). The van der Waals surface area contributed by atoms with Crippen LogP contribution < -0.4 is 5.32 Å². The van der Waals surface area contributed by atoms with Gasteiger partial charge in [0.25, 0.3) is 0 Å². The van der Waals surface area contributed by atoms with Crippen LogP contribution in [0.15, 0.2) is 0 Å². The number of carbonyl (C=O) groups excluding carboxylic acids is 2. The second-order valence-electron chi connectivity index (χ2n) is 4.56. The minimum Gasteiger partial charge on any atom is -0.322 e. The Morgan fingerprint density at radius 1 is 1.38 bits per heavy atom. The van der Waals surface area contributed by atoms with Gasteiger partial charge in [-0.05, 0) is 13.8 Å². The van der Waals surface area contributed by atoms with Crippen molar-refractivity contribution in [2.45, 2.75) is 25.0 Å². The minimum atomic E-state index is -3.25. The maximum Gasteiger partial charge on any atom is 0.324 e. The van der Waals surface area contributed by atoms with Gasteiger partial charge in [-0.1, -0.05) is 0 Å². The first-order valence-corrected chi connectivity index (χ1v) is 6.81. The molecule has 0 bridgehead atoms. The van der Waals surface area contributed by atoms with E-state index in [1.54, 1.807) is 13.8 Å². The predicted molar refractivity (Wildman–Crippen MR) is 58.7 cm³/mol. The second kappa shape index (κ2) is 4.04. The zero-order valence-corrected chi connectivity index (χ0v) is 10.4. The molecule has 0 aliphatic carbocycles. The molecular formula is C9H16N2O4S. The molecule has 1 aliphatic heterocycles. The van der Waals surface area contributed by atoms with Crippen LogP contribution in [0.3, 0.4) is 0 Å². The molecule has 3 amide bonds. The van der Waals surface area contributed by atoms with Gasteiger partial charge < -0.3 is 4.90 Å². The van der Waals surface area contributed by atoms with Crippen molar-refractivity contribution in [3.05, 3.63) is 0 Å². The summed E-state index contributed by atoms with van der Waals surface area (Å²) in [5, 5.41) is 2.16. The molecule has 0 unspecified atom stereocenters. The van der Waals surface area contributed by atoms with Gasteiger partial charge in [-0.15, -0.1) is 0 Å². The van der Waals surface area contributed by atoms with Gasteiger partial charge in [0, 0.05) is 25.8 Å². The number of hydrogen-bond acceptors (Lipinski definition) is 4. The number of sulfone groups is 1. The van der Waals surface area contributed by atoms with Gasteiger partial charge in [-0.2, -0.15) is 0 Å². The van der Waals surface area contributed by atoms with Crippen molar-refractivity contribution in [1.82, 2.24) is 10.2 Å². The number of amides is 3. The van der Waals surface area contributed by atoms with Crippen LogP contribution in [0.1, 0.15) is 20.3 Å². The van der Waals surface area contributed by atoms with Gasteiger partial charge in [-0.3, -0.25) is 10.1 Å². The maximum atomic E-state index is 11.5. The molecule has 6 nitrogen and oxygen atoms in total. The second-order valence-corrected chi connectivity index (χ2v) is 7.21. The van der Waals surface area contributed by atoms with Crippen LogP contribution in [0.25, 0.3) is 0 Å². The van der Waals surface area contributed by atoms with Crippen LogP contribution in [0.5, 0.6) is 0 Å². The minimum absolute atomic E-state index is 0.0882. The highest BCUT2D eigenvalue weighted by Gasteiger charge is 2.35. The number of carbonyl (C=O) groups is 2. The summed E-state index contributed by atoms with van der Waals surface area (Å²) in [6.07, 6.45) is 1.35. The molecule has 1 heterocycles. The number of nitrogens with one attached hydrogen (secondary N) is 1. The zero-order valence-electron chi connectivity index (χ0n) is 9.61. The largest absolute Gasteiger partial charge is 0.324 e. The van der Waals surface area contributed by atoms with Crippen molar-refractivity contribution in [2.75, 3.05) is 19.3 Å². The van der Waals surface area contributed by atoms with E-state index in [2.05, 4.69) is 5.32 Å². The van der Waals surface area contributed by atoms with Crippen LogP contribution >= 0.6 is 0 Å². The van der Waals surface area contributed by atoms with Crippen molar-refractivity contribution in [1.29, 1.82) is 0 Å². The van der Waals surface area contributed by atoms with E-state index in [4.69, 9.17) is 0 Å². The molecule has 1 aliphatic rings. The average molecular weight is 248 g/mol. The van der Waals surface area contributed by atoms with Crippen molar-refractivity contribution in [3.8, 4) is 0 Å². The summed E-state index contributed by atoms with van der Waals surface area (Å²) in [5.74, 6) is -0.321. The summed E-state index contributed by atoms with van der Waals surface area (Å²) in [6, 6.07) is -0.520. The Kier molecular flexibility index (Phi) is 3.27. The summed E-state index contributed by atoms with van der Waals surface area (Å²) in [6.45, 7) is 3.48. The molecule has 0 saturated carbocycles. The van der Waals surface area contributed by atoms with Crippen molar-refractivity contribution < 1.29 is 18.0 Å². The lowest BCUT2D eigenvalue weighted by atomic mass is 10.2. The average Bonchev–Trinajstić information content (AvgIpc) is 2.08. The Morgan fingerprint density at radius 2 is 1.94 bits per heavy atom. The molecule has 16 heavy (non-hydrogen) atoms. The lowest BCUT2D eigenvalue weighted by molar-refractivity contribution is -0.121. The van der Waals surface area contributed by atoms with Crippen molar-refractivity contribution >= 4 is 21.8 Å². The van der Waals surface area contributed by atoms with Gasteiger partial charge in [0.15, 0.2) is 9.84 Å². The summed E-state index contributed by atoms with van der Waals surface area (Å²) >= 11 is 0. The van der Waals surface area contributed by atoms with Crippen LogP contribution in [0.4, 0.5) is 4.79 Å². The first-order valence-electron chi connectivity index (χ1n) is 4.92. The molecule has 0 aromatic heterocycles. The Morgan fingerprint density at radius 3 is 2.38 bits per heavy atom. The third-order valence-corrected chi connectivity index (χ3v) is 4.85. The molecule has 1 fully saturated rings. The van der Waals surface area contributed by atoms with Crippen LogP contribution in [-0.2, 0) is 14.6 Å². The molecule has 0 aromatic carbocycles. The molecule has 0 aromatic rings. The van der Waals surface area contributed by atoms with Crippen molar-refractivity contribution in [2.24, 2.45) is 0 Å². The molecule has 0 atom stereocenters. The Hall–Kier alpha value is -1.11. The monoisotopic (exact) mass is 248 g/mol. The number of imide groups is 1. The van der Waals surface area contributed by atoms with Crippen LogP contribution in [-0.4, -0.2) is 49.3 Å². The highest BCUT2D eigenvalue weighted by molar-refractivity contribution is 7.92. The summed E-state index contributed by atoms with van der Waals surface area (Å²) in [7, 11) is -3.25. The molecule has 1 N–H and O–H groups in total. The normalized spacial score (nSPS) is 18.6. The van der Waals surface area contributed by atoms with E-state index in [0.29, 0.717) is 0 Å². The molecule has 1 saturated heterocycles. The molecular weight excluding hydrogens is 232 g/mol. The lowest BCUT2D eigenvalue weighted by Gasteiger charge is -2.33. The summed E-state index contributed by atoms with van der Waals surface area (Å²) < 4.78 is 21.9. The lowest BCUT2D eigenvalue weighted by Crippen LogP contribution is -2.54. The smallest absolute Gasteiger partial charge is 0.322 e. The third kappa shape index (κ3) is 2.72. The number of nitrogens with zero attached hydrogens (tertiary/aromatic N) is 1. The topological polar surface area (TPSA) is 83.6 Å². The number of rotatable bonds is 3. The summed E-state index contributed by atoms with van der Waals surface area (Å²) in [5.41, 5.74) is 0. The Balaban J connectivity index is 2.75. The molecule has 0 radical (unpaired) electrons. The fraction of sp³-hybridized carbons (Fsp3) is 0.778. The highest BCUT2D eigenvalue weighted by Crippen LogP contribution is 2.18. The molecule has 92 valence electrons. The third-order valence-electron chi connectivity index (χ3n) is 2.72. The van der Waals surface area contributed by atoms with E-state index in [-0.39, 0.29) is 25.4 Å². The van der Waals surface area contributed by atoms with E-state index in [9.17, 15) is 18.0 Å². The van der Waals surface area contributed by atoms with E-state index in [0.717, 1.165) is 6.26 Å². The van der Waals surface area contributed by atoms with E-state index in [1.807, 2.05) is 0 Å². The van der Waals surface area contributed by atoms with Gasteiger partial charge in [0.1, 0.15) is 0 Å². The highest BCUT2D eigenvalue weighted by atomic mass is 32.2. The van der Waals surface area contributed by atoms with Gasteiger partial charge in [0.2, 0.25) is 5.91 Å². The first kappa shape index (κ1) is 13.0. The molecule has 7 heteroatoms. The van der Waals surface area contributed by atoms with E-state index in [1.165, 1.54) is 4.90 Å². The number of urea groups is 1. The predicted octanol–water partition coefficient (Wildman–Crippen LogP) is -0.248. The van der Waals surface area contributed by atoms with Gasteiger partial charge >= 0.3 is 6.03 Å². The number of hydrogen-bond donors (Lipinski definition) is 1. The quantitative estimate of drug-likeness (QED) is 0.746. The zero-order chi connectivity index (χ0) is 12.6. The van der Waals surface area contributed by atoms with E-state index < -0.39 is 20.6 Å². The van der Waals surface area contributed by atoms with Crippen molar-refractivity contribution in [3.63, 3.8) is 0 Å². The Labute approximate surface area is 94.9 Å².